The maximum atomic E-state index is 10.8. The van der Waals surface area contributed by atoms with Crippen LogP contribution in [0.5, 0.6) is 0 Å². The summed E-state index contributed by atoms with van der Waals surface area (Å²) in [7, 11) is 0.354. The van der Waals surface area contributed by atoms with E-state index in [-0.39, 0.29) is 5.97 Å². The van der Waals surface area contributed by atoms with Crippen LogP contribution in [-0.2, 0) is 20.5 Å². The number of carbonyl (C=O) groups is 1. The molecule has 0 unspecified atom stereocenters. The quantitative estimate of drug-likeness (QED) is 0.349. The summed E-state index contributed by atoms with van der Waals surface area (Å²) < 4.78 is 0. The van der Waals surface area contributed by atoms with Crippen molar-refractivity contribution in [3.8, 4) is 0 Å². The van der Waals surface area contributed by atoms with Gasteiger partial charge in [-0.15, -0.1) is 0 Å². The summed E-state index contributed by atoms with van der Waals surface area (Å²) >= 11 is 0. The second-order valence-corrected chi connectivity index (χ2v) is 6.31. The van der Waals surface area contributed by atoms with Gasteiger partial charge in [0, 0.05) is 13.3 Å². The fourth-order valence-electron chi connectivity index (χ4n) is 1.29. The summed E-state index contributed by atoms with van der Waals surface area (Å²) in [4.78, 5) is 15.5. The summed E-state index contributed by atoms with van der Waals surface area (Å²) in [5.74, 6) is 0.667. The molecule has 3 nitrogen and oxygen atoms in total. The van der Waals surface area contributed by atoms with Crippen molar-refractivity contribution in [1.29, 1.82) is 0 Å². The van der Waals surface area contributed by atoms with Gasteiger partial charge in [0.1, 0.15) is 5.75 Å². The van der Waals surface area contributed by atoms with Gasteiger partial charge in [-0.2, -0.15) is 0 Å². The Balaban J connectivity index is 2.79. The van der Waals surface area contributed by atoms with Crippen molar-refractivity contribution in [3.05, 3.63) is 35.9 Å². The number of hydrogen-bond donors (Lipinski definition) is 0. The molecule has 17 heavy (non-hydrogen) atoms. The highest BCUT2D eigenvalue weighted by atomic mass is 32.2. The molecule has 0 saturated heterocycles. The van der Waals surface area contributed by atoms with Crippen LogP contribution < -0.4 is 0 Å². The van der Waals surface area contributed by atoms with Gasteiger partial charge in [0.2, 0.25) is 0 Å². The third-order valence-electron chi connectivity index (χ3n) is 2.14. The van der Waals surface area contributed by atoms with Crippen molar-refractivity contribution < 1.29 is 9.63 Å². The molecule has 0 N–H and O–H groups in total. The first kappa shape index (κ1) is 13.8. The second kappa shape index (κ2) is 7.12. The summed E-state index contributed by atoms with van der Waals surface area (Å²) in [6.07, 6.45) is 5.20. The Hall–Kier alpha value is -1.29. The molecule has 0 aliphatic carbocycles. The van der Waals surface area contributed by atoms with E-state index in [2.05, 4.69) is 17.7 Å². The topological polar surface area (TPSA) is 38.7 Å². The third kappa shape index (κ3) is 5.54. The van der Waals surface area contributed by atoms with Crippen molar-refractivity contribution in [2.45, 2.75) is 13.3 Å². The van der Waals surface area contributed by atoms with Gasteiger partial charge < -0.3 is 4.84 Å². The fraction of sp³-hybridized carbons (Fsp3) is 0.385. The lowest BCUT2D eigenvalue weighted by molar-refractivity contribution is -0.140. The van der Waals surface area contributed by atoms with Crippen LogP contribution >= 0.6 is 0 Å². The van der Waals surface area contributed by atoms with Gasteiger partial charge in [-0.1, -0.05) is 35.5 Å². The average Bonchev–Trinajstić information content (AvgIpc) is 2.29. The highest BCUT2D eigenvalue weighted by molar-refractivity contribution is 7.95. The van der Waals surface area contributed by atoms with Gasteiger partial charge in [0.05, 0.1) is 18.2 Å². The monoisotopic (exact) mass is 252 g/mol. The zero-order valence-electron chi connectivity index (χ0n) is 10.5. The maximum absolute atomic E-state index is 10.8. The van der Waals surface area contributed by atoms with Gasteiger partial charge in [-0.3, -0.25) is 0 Å². The molecule has 1 rings (SSSR count). The molecule has 0 aromatic heterocycles. The summed E-state index contributed by atoms with van der Waals surface area (Å²) in [5, 5.41) is 3.94. The van der Waals surface area contributed by atoms with E-state index in [4.69, 9.17) is 4.84 Å². The number of benzene rings is 1. The lowest BCUT2D eigenvalue weighted by Gasteiger charge is -2.04. The normalized spacial score (nSPS) is 11.6. The number of rotatable bonds is 5. The molecule has 0 aliphatic heterocycles. The number of carbonyl (C=O) groups excluding carboxylic acids is 1. The first-order chi connectivity index (χ1) is 8.09. The lowest BCUT2D eigenvalue weighted by Crippen LogP contribution is -2.11. The van der Waals surface area contributed by atoms with Crippen LogP contribution in [-0.4, -0.2) is 29.9 Å². The lowest BCUT2D eigenvalue weighted by atomic mass is 10.1. The van der Waals surface area contributed by atoms with Crippen molar-refractivity contribution in [1.82, 2.24) is 0 Å². The molecule has 0 heterocycles. The summed E-state index contributed by atoms with van der Waals surface area (Å²) in [6.45, 7) is 1.36. The molecule has 0 fully saturated rings. The van der Waals surface area contributed by atoms with Gasteiger partial charge >= 0.3 is 5.97 Å². The number of nitrogens with zero attached hydrogens (tertiary/aromatic N) is 1. The van der Waals surface area contributed by atoms with E-state index in [0.717, 1.165) is 23.4 Å². The van der Waals surface area contributed by atoms with Crippen molar-refractivity contribution in [2.75, 3.05) is 18.3 Å². The van der Waals surface area contributed by atoms with Crippen molar-refractivity contribution >= 4 is 22.6 Å². The molecule has 0 saturated carbocycles. The van der Waals surface area contributed by atoms with E-state index >= 15 is 0 Å². The SMILES string of the molecule is CC(=O)ON=C(CC[S+](C)C)c1ccccc1. The Kier molecular flexibility index (Phi) is 5.77. The Labute approximate surface area is 105 Å². The summed E-state index contributed by atoms with van der Waals surface area (Å²) in [5.41, 5.74) is 1.85. The van der Waals surface area contributed by atoms with E-state index in [1.54, 1.807) is 0 Å². The molecule has 1 aromatic rings. The molecule has 1 aromatic carbocycles. The number of oxime groups is 1. The van der Waals surface area contributed by atoms with Crippen LogP contribution in [0.1, 0.15) is 18.9 Å². The third-order valence-corrected chi connectivity index (χ3v) is 3.16. The minimum Gasteiger partial charge on any atom is -0.318 e. The Bertz CT molecular complexity index is 388. The van der Waals surface area contributed by atoms with Crippen LogP contribution in [0, 0.1) is 0 Å². The molecule has 0 spiro atoms. The van der Waals surface area contributed by atoms with Gasteiger partial charge in [0.15, 0.2) is 0 Å². The minimum absolute atomic E-state index is 0.354. The average molecular weight is 252 g/mol. The van der Waals surface area contributed by atoms with E-state index in [0.29, 0.717) is 10.9 Å². The predicted octanol–water partition coefficient (Wildman–Crippen LogP) is 2.22. The molecule has 92 valence electrons. The van der Waals surface area contributed by atoms with Gasteiger partial charge in [-0.05, 0) is 16.5 Å². The zero-order valence-corrected chi connectivity index (χ0v) is 11.3. The summed E-state index contributed by atoms with van der Waals surface area (Å²) in [6, 6.07) is 9.82. The van der Waals surface area contributed by atoms with E-state index < -0.39 is 0 Å². The van der Waals surface area contributed by atoms with Gasteiger partial charge in [-0.25, -0.2) is 4.79 Å². The molecule has 0 atom stereocenters. The molecule has 4 heteroatoms. The second-order valence-electron chi connectivity index (χ2n) is 3.93. The van der Waals surface area contributed by atoms with E-state index in [1.165, 1.54) is 6.92 Å². The van der Waals surface area contributed by atoms with Crippen LogP contribution in [0.25, 0.3) is 0 Å². The van der Waals surface area contributed by atoms with Crippen LogP contribution in [0.15, 0.2) is 35.5 Å². The smallest absolute Gasteiger partial charge is 0.318 e. The highest BCUT2D eigenvalue weighted by Gasteiger charge is 2.10. The number of hydrogen-bond acceptors (Lipinski definition) is 3. The van der Waals surface area contributed by atoms with Crippen LogP contribution in [0.3, 0.4) is 0 Å². The standard InChI is InChI=1S/C13H18NO2S/c1-11(15)16-14-13(9-10-17(2)3)12-7-5-4-6-8-12/h4-8H,9-10H2,1-3H3/q+1. The molecule has 0 amide bonds. The molecular formula is C13H18NO2S+. The maximum Gasteiger partial charge on any atom is 0.331 e. The minimum atomic E-state index is -0.384. The first-order valence-electron chi connectivity index (χ1n) is 5.43. The fourth-order valence-corrected chi connectivity index (χ4v) is 1.89. The Morgan fingerprint density at radius 2 is 1.94 bits per heavy atom. The molecule has 0 aliphatic rings. The van der Waals surface area contributed by atoms with Crippen molar-refractivity contribution in [3.63, 3.8) is 0 Å². The highest BCUT2D eigenvalue weighted by Crippen LogP contribution is 2.06. The largest absolute Gasteiger partial charge is 0.331 e. The van der Waals surface area contributed by atoms with Crippen molar-refractivity contribution in [2.24, 2.45) is 5.16 Å². The van der Waals surface area contributed by atoms with Crippen LogP contribution in [0.4, 0.5) is 0 Å². The Morgan fingerprint density at radius 3 is 2.47 bits per heavy atom. The first-order valence-corrected chi connectivity index (χ1v) is 7.64. The zero-order chi connectivity index (χ0) is 12.7. The Morgan fingerprint density at radius 1 is 1.29 bits per heavy atom. The predicted molar refractivity (Wildman–Crippen MR) is 73.4 cm³/mol. The molecule has 0 radical (unpaired) electrons. The van der Waals surface area contributed by atoms with E-state index in [1.807, 2.05) is 30.3 Å². The van der Waals surface area contributed by atoms with E-state index in [9.17, 15) is 4.79 Å². The van der Waals surface area contributed by atoms with Crippen LogP contribution in [0.2, 0.25) is 0 Å². The molecule has 0 bridgehead atoms. The molecular weight excluding hydrogens is 234 g/mol. The van der Waals surface area contributed by atoms with Gasteiger partial charge in [0.25, 0.3) is 0 Å².